The van der Waals surface area contributed by atoms with E-state index < -0.39 is 10.8 Å². The Bertz CT molecular complexity index is 997. The zero-order valence-electron chi connectivity index (χ0n) is 34.5. The highest BCUT2D eigenvalue weighted by molar-refractivity contribution is 5.73. The standard InChI is InChI=1S/C41H74N2O10/c1-9-32-12-16-34(17-13-32)38(46)52-30-40(3,26-48-7)28-50-36(44)20-24-43(23-11-22-42(5)6)25-21-37(45)51-29-41(4,27-49-8)31-53-39(47)35-18-14-33(10-2)15-19-35/h32-35H,9-31H2,1-8H3. The molecular weight excluding hydrogens is 680 g/mol. The summed E-state index contributed by atoms with van der Waals surface area (Å²) in [5.41, 5.74) is -1.33. The second-order valence-electron chi connectivity index (χ2n) is 16.8. The molecule has 2 rings (SSSR count). The molecule has 12 heteroatoms. The van der Waals surface area contributed by atoms with Crippen molar-refractivity contribution in [3.8, 4) is 0 Å². The van der Waals surface area contributed by atoms with Crippen molar-refractivity contribution in [3.05, 3.63) is 0 Å². The molecule has 2 saturated carbocycles. The smallest absolute Gasteiger partial charge is 0.308 e. The average molecular weight is 755 g/mol. The Morgan fingerprint density at radius 3 is 1.26 bits per heavy atom. The largest absolute Gasteiger partial charge is 0.465 e. The number of carbonyl (C=O) groups excluding carboxylic acids is 4. The van der Waals surface area contributed by atoms with Crippen LogP contribution < -0.4 is 0 Å². The average Bonchev–Trinajstić information content (AvgIpc) is 3.15. The SMILES string of the molecule is CCC1CCC(C(=O)OCC(C)(COC)COC(=O)CCN(CCCN(C)C)CCC(=O)OCC(C)(COC)COC(=O)C2CCC(CC)CC2)CC1. The van der Waals surface area contributed by atoms with Crippen molar-refractivity contribution in [2.24, 2.45) is 34.5 Å². The number of esters is 4. The molecule has 2 aliphatic rings. The summed E-state index contributed by atoms with van der Waals surface area (Å²) in [7, 11) is 7.18. The van der Waals surface area contributed by atoms with Crippen LogP contribution in [0.2, 0.25) is 0 Å². The summed E-state index contributed by atoms with van der Waals surface area (Å²) in [5, 5.41) is 0. The van der Waals surface area contributed by atoms with Gasteiger partial charge in [-0.2, -0.15) is 0 Å². The maximum absolute atomic E-state index is 12.9. The normalized spacial score (nSPS) is 22.8. The number of ether oxygens (including phenoxy) is 6. The van der Waals surface area contributed by atoms with Crippen LogP contribution in [0.3, 0.4) is 0 Å². The van der Waals surface area contributed by atoms with Gasteiger partial charge < -0.3 is 38.2 Å². The summed E-state index contributed by atoms with van der Waals surface area (Å²) in [6, 6.07) is 0. The summed E-state index contributed by atoms with van der Waals surface area (Å²) in [5.74, 6) is 0.186. The molecule has 12 nitrogen and oxygen atoms in total. The maximum atomic E-state index is 12.9. The minimum Gasteiger partial charge on any atom is -0.465 e. The molecular formula is C41H74N2O10. The van der Waals surface area contributed by atoms with Gasteiger partial charge in [0.25, 0.3) is 0 Å². The first-order chi connectivity index (χ1) is 25.2. The van der Waals surface area contributed by atoms with E-state index in [1.165, 1.54) is 0 Å². The number of hydrogen-bond acceptors (Lipinski definition) is 12. The second-order valence-corrected chi connectivity index (χ2v) is 16.8. The number of hydrogen-bond donors (Lipinski definition) is 0. The zero-order chi connectivity index (χ0) is 39.3. The van der Waals surface area contributed by atoms with Gasteiger partial charge in [0, 0.05) is 27.3 Å². The number of rotatable bonds is 26. The predicted octanol–water partition coefficient (Wildman–Crippen LogP) is 5.93. The quantitative estimate of drug-likeness (QED) is 0.0767. The minimum absolute atomic E-state index is 0.0672. The maximum Gasteiger partial charge on any atom is 0.308 e. The van der Waals surface area contributed by atoms with E-state index in [4.69, 9.17) is 28.4 Å². The highest BCUT2D eigenvalue weighted by Crippen LogP contribution is 2.33. The summed E-state index contributed by atoms with van der Waals surface area (Å²) in [6.07, 6.45) is 11.1. The fourth-order valence-corrected chi connectivity index (χ4v) is 7.38. The van der Waals surface area contributed by atoms with Gasteiger partial charge in [-0.15, -0.1) is 0 Å². The van der Waals surface area contributed by atoms with Crippen molar-refractivity contribution in [1.29, 1.82) is 0 Å². The first-order valence-corrected chi connectivity index (χ1v) is 20.2. The first kappa shape index (κ1) is 46.9. The fourth-order valence-electron chi connectivity index (χ4n) is 7.38. The Hall–Kier alpha value is -2.28. The van der Waals surface area contributed by atoms with Crippen LogP contribution >= 0.6 is 0 Å². The van der Waals surface area contributed by atoms with Gasteiger partial charge in [-0.05, 0) is 96.8 Å². The lowest BCUT2D eigenvalue weighted by Gasteiger charge is -2.30. The van der Waals surface area contributed by atoms with Crippen molar-refractivity contribution in [3.63, 3.8) is 0 Å². The van der Waals surface area contributed by atoms with Crippen molar-refractivity contribution < 1.29 is 47.6 Å². The number of carbonyl (C=O) groups is 4. The topological polar surface area (TPSA) is 130 Å². The van der Waals surface area contributed by atoms with Crippen LogP contribution in [0.15, 0.2) is 0 Å². The third kappa shape index (κ3) is 18.7. The van der Waals surface area contributed by atoms with E-state index >= 15 is 0 Å². The lowest BCUT2D eigenvalue weighted by Crippen LogP contribution is -2.38. The molecule has 2 aliphatic carbocycles. The molecule has 0 aliphatic heterocycles. The van der Waals surface area contributed by atoms with Gasteiger partial charge in [0.2, 0.25) is 0 Å². The molecule has 0 aromatic rings. The molecule has 2 fully saturated rings. The fraction of sp³-hybridized carbons (Fsp3) is 0.902. The minimum atomic E-state index is -0.667. The molecule has 0 aromatic carbocycles. The molecule has 0 heterocycles. The second kappa shape index (κ2) is 25.0. The van der Waals surface area contributed by atoms with Crippen molar-refractivity contribution in [1.82, 2.24) is 9.80 Å². The third-order valence-corrected chi connectivity index (χ3v) is 11.1. The van der Waals surface area contributed by atoms with Gasteiger partial charge in [0.05, 0.1) is 48.7 Å². The summed E-state index contributed by atoms with van der Waals surface area (Å²) >= 11 is 0. The third-order valence-electron chi connectivity index (χ3n) is 11.1. The first-order valence-electron chi connectivity index (χ1n) is 20.2. The monoisotopic (exact) mass is 755 g/mol. The number of nitrogens with zero attached hydrogens (tertiary/aromatic N) is 2. The Morgan fingerprint density at radius 2 is 0.925 bits per heavy atom. The molecule has 2 atom stereocenters. The van der Waals surface area contributed by atoms with Crippen molar-refractivity contribution in [2.75, 3.05) is 94.1 Å². The Kier molecular flexibility index (Phi) is 22.1. The summed E-state index contributed by atoms with van der Waals surface area (Å²) < 4.78 is 33.6. The van der Waals surface area contributed by atoms with Crippen LogP contribution in [0.4, 0.5) is 0 Å². The van der Waals surface area contributed by atoms with E-state index in [9.17, 15) is 19.2 Å². The van der Waals surface area contributed by atoms with Crippen LogP contribution in [0, 0.1) is 34.5 Å². The Labute approximate surface area is 320 Å². The van der Waals surface area contributed by atoms with E-state index in [-0.39, 0.29) is 88.2 Å². The molecule has 0 aromatic heterocycles. The highest BCUT2D eigenvalue weighted by atomic mass is 16.6. The molecule has 0 amide bonds. The van der Waals surface area contributed by atoms with E-state index in [1.807, 2.05) is 27.9 Å². The van der Waals surface area contributed by atoms with Gasteiger partial charge in [-0.25, -0.2) is 0 Å². The van der Waals surface area contributed by atoms with E-state index in [1.54, 1.807) is 14.2 Å². The molecule has 0 N–H and O–H groups in total. The predicted molar refractivity (Wildman–Crippen MR) is 204 cm³/mol. The van der Waals surface area contributed by atoms with E-state index in [0.717, 1.165) is 77.2 Å². The van der Waals surface area contributed by atoms with Gasteiger partial charge in [-0.1, -0.05) is 40.5 Å². The van der Waals surface area contributed by atoms with Crippen molar-refractivity contribution in [2.45, 2.75) is 111 Å². The lowest BCUT2D eigenvalue weighted by atomic mass is 9.81. The van der Waals surface area contributed by atoms with E-state index in [2.05, 4.69) is 23.6 Å². The van der Waals surface area contributed by atoms with Gasteiger partial charge >= 0.3 is 23.9 Å². The van der Waals surface area contributed by atoms with Crippen LogP contribution in [0.1, 0.15) is 111 Å². The van der Waals surface area contributed by atoms with Gasteiger partial charge in [-0.3, -0.25) is 19.2 Å². The molecule has 2 unspecified atom stereocenters. The molecule has 0 radical (unpaired) electrons. The molecule has 308 valence electrons. The zero-order valence-corrected chi connectivity index (χ0v) is 34.5. The molecule has 0 saturated heterocycles. The van der Waals surface area contributed by atoms with Crippen LogP contribution in [-0.2, 0) is 47.6 Å². The van der Waals surface area contributed by atoms with Gasteiger partial charge in [0.1, 0.15) is 26.4 Å². The Balaban J connectivity index is 1.83. The Morgan fingerprint density at radius 1 is 0.547 bits per heavy atom. The molecule has 0 bridgehead atoms. The van der Waals surface area contributed by atoms with Crippen LogP contribution in [-0.4, -0.2) is 128 Å². The highest BCUT2D eigenvalue weighted by Gasteiger charge is 2.34. The van der Waals surface area contributed by atoms with Gasteiger partial charge in [0.15, 0.2) is 0 Å². The number of methoxy groups -OCH3 is 2. The van der Waals surface area contributed by atoms with Crippen molar-refractivity contribution >= 4 is 23.9 Å². The molecule has 0 spiro atoms. The summed E-state index contributed by atoms with van der Waals surface area (Å²) in [4.78, 5) is 55.7. The van der Waals surface area contributed by atoms with Crippen LogP contribution in [0.25, 0.3) is 0 Å². The lowest BCUT2D eigenvalue weighted by molar-refractivity contribution is -0.161. The summed E-state index contributed by atoms with van der Waals surface area (Å²) in [6.45, 7) is 11.5. The molecule has 53 heavy (non-hydrogen) atoms. The van der Waals surface area contributed by atoms with E-state index in [0.29, 0.717) is 31.5 Å². The van der Waals surface area contributed by atoms with Crippen LogP contribution in [0.5, 0.6) is 0 Å².